The zero-order chi connectivity index (χ0) is 14.2. The van der Waals surface area contributed by atoms with Crippen molar-refractivity contribution in [1.29, 1.82) is 0 Å². The van der Waals surface area contributed by atoms with E-state index in [0.717, 1.165) is 0 Å². The number of aliphatic hydroxyl groups is 2. The highest BCUT2D eigenvalue weighted by Crippen LogP contribution is 2.41. The number of nitrogens with zero attached hydrogens (tertiary/aromatic N) is 2. The van der Waals surface area contributed by atoms with Gasteiger partial charge in [0, 0.05) is 24.0 Å². The number of thiophene rings is 1. The zero-order valence-electron chi connectivity index (χ0n) is 10.9. The summed E-state index contributed by atoms with van der Waals surface area (Å²) in [6.45, 7) is 4.74. The average molecular weight is 286 g/mol. The average Bonchev–Trinajstić information content (AvgIpc) is 2.78. The van der Waals surface area contributed by atoms with Crippen molar-refractivity contribution in [3.8, 4) is 0 Å². The van der Waals surface area contributed by atoms with Crippen LogP contribution in [0.2, 0.25) is 0 Å². The van der Waals surface area contributed by atoms with Gasteiger partial charge in [0.05, 0.1) is 17.1 Å². The molecule has 2 N–H and O–H groups in total. The van der Waals surface area contributed by atoms with E-state index in [2.05, 4.69) is 0 Å². The van der Waals surface area contributed by atoms with Gasteiger partial charge in [-0.05, 0) is 19.3 Å². The van der Waals surface area contributed by atoms with Gasteiger partial charge < -0.3 is 15.1 Å². The molecular formula is C12H18N2O4S. The minimum absolute atomic E-state index is 0.0458. The van der Waals surface area contributed by atoms with Crippen molar-refractivity contribution in [3.05, 3.63) is 21.1 Å². The van der Waals surface area contributed by atoms with Crippen molar-refractivity contribution in [2.24, 2.45) is 5.92 Å². The van der Waals surface area contributed by atoms with Gasteiger partial charge in [0.1, 0.15) is 0 Å². The van der Waals surface area contributed by atoms with E-state index < -0.39 is 11.0 Å². The van der Waals surface area contributed by atoms with E-state index in [4.69, 9.17) is 0 Å². The summed E-state index contributed by atoms with van der Waals surface area (Å²) in [5.41, 5.74) is 0.0458. The molecule has 2 rings (SSSR count). The Labute approximate surface area is 115 Å². The Balaban J connectivity index is 2.30. The Morgan fingerprint density at radius 1 is 1.63 bits per heavy atom. The third-order valence-corrected chi connectivity index (χ3v) is 4.82. The molecule has 7 heteroatoms. The van der Waals surface area contributed by atoms with E-state index in [1.54, 1.807) is 6.92 Å². The number of rotatable bonds is 3. The quantitative estimate of drug-likeness (QED) is 0.655. The van der Waals surface area contributed by atoms with Crippen molar-refractivity contribution in [1.82, 2.24) is 0 Å². The smallest absolute Gasteiger partial charge is 0.304 e. The lowest BCUT2D eigenvalue weighted by molar-refractivity contribution is -0.383. The molecule has 0 saturated carbocycles. The fraction of sp³-hybridized carbons (Fsp3) is 0.667. The van der Waals surface area contributed by atoms with Crippen molar-refractivity contribution in [2.75, 3.05) is 18.0 Å². The molecule has 2 heterocycles. The van der Waals surface area contributed by atoms with Gasteiger partial charge in [0.25, 0.3) is 0 Å². The first-order valence-corrected chi connectivity index (χ1v) is 7.11. The first kappa shape index (κ1) is 14.2. The van der Waals surface area contributed by atoms with E-state index in [9.17, 15) is 20.3 Å². The summed E-state index contributed by atoms with van der Waals surface area (Å²) in [6, 6.07) is 1.44. The second kappa shape index (κ2) is 5.44. The van der Waals surface area contributed by atoms with Gasteiger partial charge in [-0.25, -0.2) is 0 Å². The fourth-order valence-corrected chi connectivity index (χ4v) is 3.37. The molecule has 1 aromatic rings. The third kappa shape index (κ3) is 2.88. The van der Waals surface area contributed by atoms with Crippen molar-refractivity contribution < 1.29 is 15.1 Å². The fourth-order valence-electron chi connectivity index (χ4n) is 2.27. The predicted molar refractivity (Wildman–Crippen MR) is 73.6 cm³/mol. The van der Waals surface area contributed by atoms with Crippen LogP contribution in [-0.2, 0) is 0 Å². The van der Waals surface area contributed by atoms with Crippen LogP contribution in [0.25, 0.3) is 0 Å². The molecule has 0 aromatic carbocycles. The molecule has 1 aromatic heterocycles. The monoisotopic (exact) mass is 286 g/mol. The third-order valence-electron chi connectivity index (χ3n) is 3.47. The molecule has 6 nitrogen and oxygen atoms in total. The van der Waals surface area contributed by atoms with E-state index in [1.165, 1.54) is 17.4 Å². The van der Waals surface area contributed by atoms with Crippen LogP contribution in [0.15, 0.2) is 6.07 Å². The molecular weight excluding hydrogens is 268 g/mol. The molecule has 1 aliphatic rings. The first-order valence-electron chi connectivity index (χ1n) is 6.29. The molecule has 0 spiro atoms. The summed E-state index contributed by atoms with van der Waals surface area (Å²) in [7, 11) is 0. The van der Waals surface area contributed by atoms with Crippen LogP contribution in [0.5, 0.6) is 0 Å². The predicted octanol–water partition coefficient (Wildman–Crippen LogP) is 1.92. The van der Waals surface area contributed by atoms with Crippen LogP contribution >= 0.6 is 11.3 Å². The first-order chi connectivity index (χ1) is 8.90. The van der Waals surface area contributed by atoms with E-state index >= 15 is 0 Å². The Kier molecular flexibility index (Phi) is 4.07. The molecule has 19 heavy (non-hydrogen) atoms. The second-order valence-corrected chi connectivity index (χ2v) is 6.11. The number of piperidine rings is 1. The standard InChI is InChI=1S/C12H18N2O4S/c1-7-6-13(4-3-10(7)16)12-9(14(17)18)5-11(19-12)8(2)15/h5,7-8,10,15-16H,3-4,6H2,1-2H3. The molecule has 1 aliphatic heterocycles. The molecule has 0 radical (unpaired) electrons. The van der Waals surface area contributed by atoms with Gasteiger partial charge in [-0.15, -0.1) is 11.3 Å². The minimum atomic E-state index is -0.703. The van der Waals surface area contributed by atoms with Crippen LogP contribution in [-0.4, -0.2) is 34.3 Å². The lowest BCUT2D eigenvalue weighted by Crippen LogP contribution is -2.41. The highest BCUT2D eigenvalue weighted by Gasteiger charge is 2.31. The molecule has 0 amide bonds. The Morgan fingerprint density at radius 2 is 2.32 bits per heavy atom. The van der Waals surface area contributed by atoms with Gasteiger partial charge in [-0.3, -0.25) is 10.1 Å². The summed E-state index contributed by atoms with van der Waals surface area (Å²) in [5.74, 6) is 0.0884. The number of hydrogen-bond donors (Lipinski definition) is 2. The zero-order valence-corrected chi connectivity index (χ0v) is 11.8. The van der Waals surface area contributed by atoms with Gasteiger partial charge in [0.15, 0.2) is 5.00 Å². The van der Waals surface area contributed by atoms with E-state index in [0.29, 0.717) is 29.4 Å². The van der Waals surface area contributed by atoms with E-state index in [1.807, 2.05) is 11.8 Å². The largest absolute Gasteiger partial charge is 0.393 e. The van der Waals surface area contributed by atoms with Crippen molar-refractivity contribution >= 4 is 22.0 Å². The molecule has 106 valence electrons. The highest BCUT2D eigenvalue weighted by molar-refractivity contribution is 7.16. The number of nitro groups is 1. The number of aliphatic hydroxyl groups excluding tert-OH is 2. The lowest BCUT2D eigenvalue weighted by atomic mass is 9.97. The SMILES string of the molecule is CC(O)c1cc([N+](=O)[O-])c(N2CCC(O)C(C)C2)s1. The molecule has 3 unspecified atom stereocenters. The van der Waals surface area contributed by atoms with Crippen LogP contribution in [0, 0.1) is 16.0 Å². The normalized spacial score (nSPS) is 25.4. The number of hydrogen-bond acceptors (Lipinski definition) is 6. The molecule has 1 saturated heterocycles. The van der Waals surface area contributed by atoms with E-state index in [-0.39, 0.29) is 17.7 Å². The number of anilines is 1. The molecule has 3 atom stereocenters. The summed E-state index contributed by atoms with van der Waals surface area (Å²) in [5, 5.41) is 31.0. The molecule has 0 bridgehead atoms. The van der Waals surface area contributed by atoms with Crippen LogP contribution < -0.4 is 4.90 Å². The summed E-state index contributed by atoms with van der Waals surface area (Å²) >= 11 is 1.26. The summed E-state index contributed by atoms with van der Waals surface area (Å²) in [4.78, 5) is 13.2. The second-order valence-electron chi connectivity index (χ2n) is 5.05. The summed E-state index contributed by atoms with van der Waals surface area (Å²) < 4.78 is 0. The molecule has 1 fully saturated rings. The van der Waals surface area contributed by atoms with Crippen LogP contribution in [0.3, 0.4) is 0 Å². The maximum atomic E-state index is 11.1. The van der Waals surface area contributed by atoms with Gasteiger partial charge in [0.2, 0.25) is 0 Å². The minimum Gasteiger partial charge on any atom is -0.393 e. The maximum Gasteiger partial charge on any atom is 0.304 e. The van der Waals surface area contributed by atoms with Crippen molar-refractivity contribution in [2.45, 2.75) is 32.5 Å². The van der Waals surface area contributed by atoms with Crippen LogP contribution in [0.4, 0.5) is 10.7 Å². The highest BCUT2D eigenvalue weighted by atomic mass is 32.1. The Hall–Kier alpha value is -1.18. The lowest BCUT2D eigenvalue weighted by Gasteiger charge is -2.34. The topological polar surface area (TPSA) is 86.8 Å². The Morgan fingerprint density at radius 3 is 2.84 bits per heavy atom. The van der Waals surface area contributed by atoms with Crippen molar-refractivity contribution in [3.63, 3.8) is 0 Å². The Bertz CT molecular complexity index is 474. The molecule has 0 aliphatic carbocycles. The summed E-state index contributed by atoms with van der Waals surface area (Å²) in [6.07, 6.45) is -0.433. The van der Waals surface area contributed by atoms with Crippen LogP contribution in [0.1, 0.15) is 31.2 Å². The maximum absolute atomic E-state index is 11.1. The van der Waals surface area contributed by atoms with Gasteiger partial charge >= 0.3 is 5.69 Å². The van der Waals surface area contributed by atoms with Gasteiger partial charge in [-0.2, -0.15) is 0 Å². The van der Waals surface area contributed by atoms with Gasteiger partial charge in [-0.1, -0.05) is 6.92 Å².